The molecule has 24 heavy (non-hydrogen) atoms. The Balaban J connectivity index is 1.77. The van der Waals surface area contributed by atoms with Crippen LogP contribution in [0.5, 0.6) is 0 Å². The molecule has 130 valence electrons. The maximum Gasteiger partial charge on any atom is 0.303 e. The monoisotopic (exact) mass is 333 g/mol. The molecule has 0 atom stereocenters. The van der Waals surface area contributed by atoms with Crippen molar-refractivity contribution in [3.8, 4) is 0 Å². The van der Waals surface area contributed by atoms with Crippen molar-refractivity contribution in [3.05, 3.63) is 35.6 Å². The first-order valence-electron chi connectivity index (χ1n) is 8.79. The lowest BCUT2D eigenvalue weighted by Crippen LogP contribution is -2.49. The zero-order chi connectivity index (χ0) is 17.2. The number of carbonyl (C=O) groups is 2. The smallest absolute Gasteiger partial charge is 0.303 e. The van der Waals surface area contributed by atoms with Gasteiger partial charge in [-0.25, -0.2) is 4.39 Å². The summed E-state index contributed by atoms with van der Waals surface area (Å²) in [6, 6.07) is 6.63. The lowest BCUT2D eigenvalue weighted by molar-refractivity contribution is -0.140. The highest BCUT2D eigenvalue weighted by atomic mass is 19.1. The normalized spacial score (nSPS) is 21.0. The van der Waals surface area contributed by atoms with Crippen LogP contribution in [0.2, 0.25) is 0 Å². The van der Waals surface area contributed by atoms with Gasteiger partial charge in [-0.15, -0.1) is 0 Å². The summed E-state index contributed by atoms with van der Waals surface area (Å²) in [5.74, 6) is -0.912. The van der Waals surface area contributed by atoms with E-state index >= 15 is 0 Å². The van der Waals surface area contributed by atoms with Gasteiger partial charge in [0.1, 0.15) is 5.82 Å². The van der Waals surface area contributed by atoms with E-state index in [-0.39, 0.29) is 24.1 Å². The minimum Gasteiger partial charge on any atom is -0.481 e. The molecular weight excluding hydrogens is 309 g/mol. The Morgan fingerprint density at radius 1 is 1.17 bits per heavy atom. The van der Waals surface area contributed by atoms with Crippen LogP contribution >= 0.6 is 0 Å². The molecule has 1 aliphatic heterocycles. The molecule has 0 radical (unpaired) electrons. The van der Waals surface area contributed by atoms with Gasteiger partial charge < -0.3 is 10.0 Å². The van der Waals surface area contributed by atoms with Gasteiger partial charge in [-0.05, 0) is 37.7 Å². The van der Waals surface area contributed by atoms with Crippen molar-refractivity contribution in [1.82, 2.24) is 4.90 Å². The van der Waals surface area contributed by atoms with Crippen molar-refractivity contribution in [1.29, 1.82) is 0 Å². The highest BCUT2D eigenvalue weighted by molar-refractivity contribution is 5.89. The summed E-state index contributed by atoms with van der Waals surface area (Å²) >= 11 is 0. The summed E-state index contributed by atoms with van der Waals surface area (Å²) < 4.78 is 14.4. The summed E-state index contributed by atoms with van der Waals surface area (Å²) in [4.78, 5) is 25.9. The van der Waals surface area contributed by atoms with Gasteiger partial charge >= 0.3 is 5.97 Å². The lowest BCUT2D eigenvalue weighted by atomic mass is 9.76. The summed E-state index contributed by atoms with van der Waals surface area (Å²) in [5, 5.41) is 8.91. The molecule has 1 heterocycles. The molecule has 1 saturated heterocycles. The molecule has 1 amide bonds. The van der Waals surface area contributed by atoms with Crippen molar-refractivity contribution in [3.63, 3.8) is 0 Å². The van der Waals surface area contributed by atoms with Gasteiger partial charge in [0.05, 0.1) is 5.41 Å². The lowest BCUT2D eigenvalue weighted by Gasteiger charge is -2.38. The molecule has 0 bridgehead atoms. The number of amides is 1. The Bertz CT molecular complexity index is 617. The molecule has 0 aromatic heterocycles. The second kappa shape index (κ2) is 6.91. The Morgan fingerprint density at radius 2 is 1.79 bits per heavy atom. The van der Waals surface area contributed by atoms with Crippen LogP contribution in [-0.4, -0.2) is 35.0 Å². The fourth-order valence-corrected chi connectivity index (χ4v) is 4.32. The molecule has 5 heteroatoms. The van der Waals surface area contributed by atoms with E-state index in [9.17, 15) is 14.0 Å². The molecular formula is C19H24FNO3. The molecule has 1 saturated carbocycles. The van der Waals surface area contributed by atoms with Crippen LogP contribution in [0.3, 0.4) is 0 Å². The summed E-state index contributed by atoms with van der Waals surface area (Å²) in [6.45, 7) is 1.15. The number of rotatable bonds is 4. The fraction of sp³-hybridized carbons (Fsp3) is 0.579. The van der Waals surface area contributed by atoms with Crippen LogP contribution in [0.1, 0.15) is 50.5 Å². The van der Waals surface area contributed by atoms with Gasteiger partial charge in [-0.1, -0.05) is 31.0 Å². The van der Waals surface area contributed by atoms with E-state index in [1.165, 1.54) is 6.07 Å². The van der Waals surface area contributed by atoms with Crippen molar-refractivity contribution in [2.45, 2.75) is 50.4 Å². The van der Waals surface area contributed by atoms with Crippen LogP contribution < -0.4 is 0 Å². The molecule has 3 rings (SSSR count). The summed E-state index contributed by atoms with van der Waals surface area (Å²) in [7, 11) is 0. The van der Waals surface area contributed by atoms with E-state index < -0.39 is 11.4 Å². The van der Waals surface area contributed by atoms with Crippen LogP contribution in [0.25, 0.3) is 0 Å². The molecule has 0 spiro atoms. The quantitative estimate of drug-likeness (QED) is 0.919. The predicted octanol–water partition coefficient (Wildman–Crippen LogP) is 3.35. The largest absolute Gasteiger partial charge is 0.481 e. The van der Waals surface area contributed by atoms with Crippen molar-refractivity contribution >= 4 is 11.9 Å². The van der Waals surface area contributed by atoms with E-state index in [0.29, 0.717) is 44.3 Å². The third-order valence-electron chi connectivity index (χ3n) is 5.62. The predicted molar refractivity (Wildman–Crippen MR) is 88.1 cm³/mol. The maximum atomic E-state index is 14.4. The number of hydrogen-bond donors (Lipinski definition) is 1. The minimum absolute atomic E-state index is 0.0267. The third-order valence-corrected chi connectivity index (χ3v) is 5.62. The van der Waals surface area contributed by atoms with Gasteiger partial charge in [0.2, 0.25) is 5.91 Å². The molecule has 4 nitrogen and oxygen atoms in total. The van der Waals surface area contributed by atoms with Crippen molar-refractivity contribution in [2.24, 2.45) is 5.92 Å². The van der Waals surface area contributed by atoms with Crippen LogP contribution in [0.4, 0.5) is 4.39 Å². The van der Waals surface area contributed by atoms with E-state index in [1.54, 1.807) is 18.2 Å². The molecule has 0 unspecified atom stereocenters. The first kappa shape index (κ1) is 16.9. The second-order valence-corrected chi connectivity index (χ2v) is 7.10. The number of carbonyl (C=O) groups excluding carboxylic acids is 1. The van der Waals surface area contributed by atoms with Gasteiger partial charge in [0.25, 0.3) is 0 Å². The second-order valence-electron chi connectivity index (χ2n) is 7.10. The standard InChI is InChI=1S/C19H24FNO3/c20-16-6-2-1-5-15(16)19(9-3-4-10-19)18(24)21-11-7-14(8-12-21)13-17(22)23/h1-2,5-6,14H,3-4,7-13H2,(H,22,23). The van der Waals surface area contributed by atoms with Gasteiger partial charge in [0.15, 0.2) is 0 Å². The fourth-order valence-electron chi connectivity index (χ4n) is 4.32. The minimum atomic E-state index is -0.779. The first-order valence-corrected chi connectivity index (χ1v) is 8.79. The number of benzene rings is 1. The Hall–Kier alpha value is -1.91. The molecule has 2 fully saturated rings. The van der Waals surface area contributed by atoms with Gasteiger partial charge in [0, 0.05) is 25.1 Å². The van der Waals surface area contributed by atoms with Crippen LogP contribution in [0, 0.1) is 11.7 Å². The van der Waals surface area contributed by atoms with Gasteiger partial charge in [-0.3, -0.25) is 9.59 Å². The maximum absolute atomic E-state index is 14.4. The topological polar surface area (TPSA) is 57.6 Å². The van der Waals surface area contributed by atoms with E-state index in [1.807, 2.05) is 4.90 Å². The Labute approximate surface area is 141 Å². The number of carboxylic acids is 1. The molecule has 1 aromatic carbocycles. The molecule has 1 N–H and O–H groups in total. The number of hydrogen-bond acceptors (Lipinski definition) is 2. The Kier molecular flexibility index (Phi) is 4.88. The van der Waals surface area contributed by atoms with Crippen molar-refractivity contribution < 1.29 is 19.1 Å². The summed E-state index contributed by atoms with van der Waals surface area (Å²) in [5.41, 5.74) is -0.203. The third kappa shape index (κ3) is 3.17. The molecule has 1 aliphatic carbocycles. The molecule has 1 aromatic rings. The SMILES string of the molecule is O=C(O)CC1CCN(C(=O)C2(c3ccccc3F)CCCC2)CC1. The highest BCUT2D eigenvalue weighted by Crippen LogP contribution is 2.44. The van der Waals surface area contributed by atoms with Crippen LogP contribution in [-0.2, 0) is 15.0 Å². The number of aliphatic carboxylic acids is 1. The number of halogens is 1. The van der Waals surface area contributed by atoms with E-state index in [2.05, 4.69) is 0 Å². The Morgan fingerprint density at radius 3 is 2.38 bits per heavy atom. The zero-order valence-electron chi connectivity index (χ0n) is 13.8. The van der Waals surface area contributed by atoms with Crippen LogP contribution in [0.15, 0.2) is 24.3 Å². The number of carboxylic acid groups (broad SMARTS) is 1. The van der Waals surface area contributed by atoms with Crippen molar-refractivity contribution in [2.75, 3.05) is 13.1 Å². The highest BCUT2D eigenvalue weighted by Gasteiger charge is 2.46. The average Bonchev–Trinajstić information content (AvgIpc) is 3.05. The van der Waals surface area contributed by atoms with E-state index in [0.717, 1.165) is 12.8 Å². The zero-order valence-corrected chi connectivity index (χ0v) is 13.8. The van der Waals surface area contributed by atoms with Gasteiger partial charge in [-0.2, -0.15) is 0 Å². The first-order chi connectivity index (χ1) is 11.5. The number of likely N-dealkylation sites (tertiary alicyclic amines) is 1. The van der Waals surface area contributed by atoms with E-state index in [4.69, 9.17) is 5.11 Å². The number of piperidine rings is 1. The molecule has 2 aliphatic rings. The number of nitrogens with zero attached hydrogens (tertiary/aromatic N) is 1. The summed E-state index contributed by atoms with van der Waals surface area (Å²) in [6.07, 6.45) is 4.87. The average molecular weight is 333 g/mol.